The van der Waals surface area contributed by atoms with Crippen LogP contribution < -0.4 is 0 Å². The predicted octanol–water partition coefficient (Wildman–Crippen LogP) is 6.57. The molecule has 0 saturated carbocycles. The van der Waals surface area contributed by atoms with Crippen molar-refractivity contribution in [3.8, 4) is 11.3 Å². The average Bonchev–Trinajstić information content (AvgIpc) is 3.64. The van der Waals surface area contributed by atoms with Crippen molar-refractivity contribution in [3.63, 3.8) is 0 Å². The number of aromatic nitrogens is 6. The molecule has 1 fully saturated rings. The van der Waals surface area contributed by atoms with E-state index in [2.05, 4.69) is 98.9 Å². The number of aryl methyl sites for hydroxylation is 1. The van der Waals surface area contributed by atoms with Crippen LogP contribution in [-0.4, -0.2) is 47.5 Å². The van der Waals surface area contributed by atoms with Gasteiger partial charge >= 0.3 is 0 Å². The van der Waals surface area contributed by atoms with Crippen LogP contribution in [0.15, 0.2) is 61.1 Å². The van der Waals surface area contributed by atoms with E-state index in [-0.39, 0.29) is 0 Å². The van der Waals surface area contributed by atoms with Gasteiger partial charge in [0, 0.05) is 40.8 Å². The van der Waals surface area contributed by atoms with Crippen LogP contribution in [0.3, 0.4) is 0 Å². The molecule has 2 N–H and O–H groups in total. The van der Waals surface area contributed by atoms with Crippen LogP contribution in [0.1, 0.15) is 61.2 Å². The maximum atomic E-state index is 4.87. The highest BCUT2D eigenvalue weighted by molar-refractivity contribution is 5.98. The fraction of sp³-hybridized carbons (Fsp3) is 0.323. The molecule has 0 amide bonds. The first-order valence-corrected chi connectivity index (χ1v) is 13.7. The van der Waals surface area contributed by atoms with Gasteiger partial charge in [-0.2, -0.15) is 5.10 Å². The molecule has 0 spiro atoms. The van der Waals surface area contributed by atoms with Crippen molar-refractivity contribution < 1.29 is 0 Å². The minimum absolute atomic E-state index is 0.388. The summed E-state index contributed by atoms with van der Waals surface area (Å²) in [7, 11) is 0. The first-order chi connectivity index (χ1) is 18.6. The number of aromatic amines is 2. The zero-order valence-electron chi connectivity index (χ0n) is 22.2. The summed E-state index contributed by atoms with van der Waals surface area (Å²) >= 11 is 0. The molecule has 7 rings (SSSR count). The van der Waals surface area contributed by atoms with E-state index >= 15 is 0 Å². The zero-order chi connectivity index (χ0) is 25.8. The van der Waals surface area contributed by atoms with Gasteiger partial charge in [-0.05, 0) is 86.1 Å². The van der Waals surface area contributed by atoms with Crippen molar-refractivity contribution in [1.29, 1.82) is 0 Å². The van der Waals surface area contributed by atoms with Crippen molar-refractivity contribution in [2.75, 3.05) is 13.1 Å². The second-order valence-electron chi connectivity index (χ2n) is 11.0. The smallest absolute Gasteiger partial charge is 0.155 e. The number of benzene rings is 1. The Morgan fingerprint density at radius 1 is 1.05 bits per heavy atom. The van der Waals surface area contributed by atoms with Gasteiger partial charge in [-0.1, -0.05) is 26.0 Å². The van der Waals surface area contributed by atoms with Gasteiger partial charge in [-0.25, -0.2) is 9.97 Å². The molecule has 0 unspecified atom stereocenters. The summed E-state index contributed by atoms with van der Waals surface area (Å²) in [6.45, 7) is 9.76. The molecule has 1 saturated heterocycles. The first kappa shape index (κ1) is 23.2. The molecule has 0 bridgehead atoms. The molecule has 6 heterocycles. The summed E-state index contributed by atoms with van der Waals surface area (Å²) in [6, 6.07) is 15.5. The summed E-state index contributed by atoms with van der Waals surface area (Å²) in [6.07, 6.45) is 8.18. The van der Waals surface area contributed by atoms with E-state index in [1.165, 1.54) is 51.8 Å². The fourth-order valence-corrected chi connectivity index (χ4v) is 6.38. The lowest BCUT2D eigenvalue weighted by Gasteiger charge is -2.32. The second-order valence-corrected chi connectivity index (χ2v) is 11.0. The number of pyridine rings is 2. The third kappa shape index (κ3) is 3.80. The minimum atomic E-state index is 0.388. The number of likely N-dealkylation sites (tertiary alicyclic amines) is 1. The molecule has 0 aliphatic carbocycles. The normalized spacial score (nSPS) is 15.5. The van der Waals surface area contributed by atoms with Crippen LogP contribution >= 0.6 is 0 Å². The molecular formula is C31H33N7. The van der Waals surface area contributed by atoms with Gasteiger partial charge in [0.15, 0.2) is 5.65 Å². The Kier molecular flexibility index (Phi) is 5.55. The van der Waals surface area contributed by atoms with Crippen LogP contribution in [0.2, 0.25) is 0 Å². The SMILES string of the molecule is Cc1nc(CN2CCC(c3ccc4[nH]c(-c5ccnc6[nH]ncc56)c(C(C)C)c4c3)CC2)c2ccccn12. The van der Waals surface area contributed by atoms with Crippen LogP contribution in [0.5, 0.6) is 0 Å². The summed E-state index contributed by atoms with van der Waals surface area (Å²) in [5, 5.41) is 9.62. The quantitative estimate of drug-likeness (QED) is 0.279. The molecule has 192 valence electrons. The van der Waals surface area contributed by atoms with Gasteiger partial charge in [-0.15, -0.1) is 0 Å². The van der Waals surface area contributed by atoms with E-state index in [4.69, 9.17) is 4.98 Å². The van der Waals surface area contributed by atoms with Crippen LogP contribution in [0, 0.1) is 6.92 Å². The summed E-state index contributed by atoms with van der Waals surface area (Å²) in [5.74, 6) is 2.03. The Morgan fingerprint density at radius 3 is 2.76 bits per heavy atom. The number of nitrogens with one attached hydrogen (secondary N) is 2. The molecule has 0 radical (unpaired) electrons. The molecule has 1 aliphatic heterocycles. The molecular weight excluding hydrogens is 470 g/mol. The Morgan fingerprint density at radius 2 is 1.92 bits per heavy atom. The lowest BCUT2D eigenvalue weighted by atomic mass is 9.87. The van der Waals surface area contributed by atoms with Gasteiger partial charge in [0.05, 0.1) is 23.1 Å². The monoisotopic (exact) mass is 503 g/mol. The Balaban J connectivity index is 1.15. The Hall–Kier alpha value is -3.97. The number of hydrogen-bond acceptors (Lipinski definition) is 4. The molecule has 5 aromatic heterocycles. The highest BCUT2D eigenvalue weighted by Crippen LogP contribution is 2.40. The van der Waals surface area contributed by atoms with Crippen molar-refractivity contribution in [2.24, 2.45) is 0 Å². The fourth-order valence-electron chi connectivity index (χ4n) is 6.38. The number of imidazole rings is 1. The number of rotatable bonds is 5. The lowest BCUT2D eigenvalue weighted by Crippen LogP contribution is -2.32. The van der Waals surface area contributed by atoms with Crippen molar-refractivity contribution in [1.82, 2.24) is 34.4 Å². The van der Waals surface area contributed by atoms with Crippen LogP contribution in [-0.2, 0) is 6.54 Å². The average molecular weight is 504 g/mol. The third-order valence-electron chi connectivity index (χ3n) is 8.30. The van der Waals surface area contributed by atoms with Crippen LogP contribution in [0.25, 0.3) is 38.7 Å². The van der Waals surface area contributed by atoms with E-state index in [1.807, 2.05) is 12.4 Å². The number of H-pyrrole nitrogens is 2. The van der Waals surface area contributed by atoms with E-state index in [1.54, 1.807) is 0 Å². The van der Waals surface area contributed by atoms with Gasteiger partial charge in [0.2, 0.25) is 0 Å². The molecule has 7 nitrogen and oxygen atoms in total. The van der Waals surface area contributed by atoms with E-state index < -0.39 is 0 Å². The molecule has 6 aromatic rings. The first-order valence-electron chi connectivity index (χ1n) is 13.7. The van der Waals surface area contributed by atoms with Gasteiger partial charge < -0.3 is 9.38 Å². The predicted molar refractivity (Wildman–Crippen MR) is 152 cm³/mol. The molecule has 1 aromatic carbocycles. The van der Waals surface area contributed by atoms with Gasteiger partial charge in [-0.3, -0.25) is 10.00 Å². The summed E-state index contributed by atoms with van der Waals surface area (Å²) in [4.78, 5) is 15.6. The molecule has 7 heteroatoms. The van der Waals surface area contributed by atoms with Crippen LogP contribution in [0.4, 0.5) is 0 Å². The van der Waals surface area contributed by atoms with Gasteiger partial charge in [0.25, 0.3) is 0 Å². The second kappa shape index (κ2) is 9.10. The topological polar surface area (TPSA) is 77.9 Å². The van der Waals surface area contributed by atoms with Crippen molar-refractivity contribution >= 4 is 27.5 Å². The lowest BCUT2D eigenvalue weighted by molar-refractivity contribution is 0.203. The molecule has 38 heavy (non-hydrogen) atoms. The number of fused-ring (bicyclic) bond motifs is 3. The van der Waals surface area contributed by atoms with E-state index in [0.717, 1.165) is 42.1 Å². The molecule has 0 atom stereocenters. The summed E-state index contributed by atoms with van der Waals surface area (Å²) < 4.78 is 2.19. The largest absolute Gasteiger partial charge is 0.354 e. The zero-order valence-corrected chi connectivity index (χ0v) is 22.2. The van der Waals surface area contributed by atoms with Crippen molar-refractivity contribution in [2.45, 2.75) is 52.0 Å². The maximum Gasteiger partial charge on any atom is 0.155 e. The standard InChI is InChI=1S/C31H33N7/c1-19(2)29-24-16-22(7-8-26(24)35-30(29)23-9-12-32-31-25(23)17-33-36-31)21-10-14-37(15-11-21)18-27-28-6-4-5-13-38(28)20(3)34-27/h4-9,12-13,16-17,19,21,35H,10-11,14-15,18H2,1-3H3,(H,32,33,36). The third-order valence-corrected chi connectivity index (χ3v) is 8.30. The highest BCUT2D eigenvalue weighted by Gasteiger charge is 2.24. The van der Waals surface area contributed by atoms with E-state index in [9.17, 15) is 0 Å². The Labute approximate surface area is 221 Å². The van der Waals surface area contributed by atoms with Gasteiger partial charge in [0.1, 0.15) is 5.82 Å². The number of piperidine rings is 1. The van der Waals surface area contributed by atoms with Crippen molar-refractivity contribution in [3.05, 3.63) is 83.7 Å². The Bertz CT molecular complexity index is 1760. The van der Waals surface area contributed by atoms with E-state index in [0.29, 0.717) is 11.8 Å². The molecule has 1 aliphatic rings. The minimum Gasteiger partial charge on any atom is -0.354 e. The number of hydrogen-bond donors (Lipinski definition) is 2. The summed E-state index contributed by atoms with van der Waals surface area (Å²) in [5.41, 5.74) is 9.59. The number of nitrogens with zero attached hydrogens (tertiary/aromatic N) is 5. The highest BCUT2D eigenvalue weighted by atomic mass is 15.2. The maximum absolute atomic E-state index is 4.87.